The summed E-state index contributed by atoms with van der Waals surface area (Å²) in [4.78, 5) is 0. The third-order valence-corrected chi connectivity index (χ3v) is 4.65. The fraction of sp³-hybridized carbons (Fsp3) is 0.250. The zero-order valence-corrected chi connectivity index (χ0v) is 12.4. The third kappa shape index (κ3) is 2.45. The minimum Gasteiger partial charge on any atom is -0.309 e. The average molecular weight is 349 g/mol. The van der Waals surface area contributed by atoms with Crippen LogP contribution in [0, 0.1) is 3.57 Å². The number of rotatable bonds is 2. The summed E-state index contributed by atoms with van der Waals surface area (Å²) in [6.45, 7) is 1.09. The van der Waals surface area contributed by atoms with E-state index < -0.39 is 0 Å². The first-order valence-corrected chi connectivity index (χ1v) is 7.47. The van der Waals surface area contributed by atoms with Crippen LogP contribution in [0.5, 0.6) is 0 Å². The Balaban J connectivity index is 1.89. The summed E-state index contributed by atoms with van der Waals surface area (Å²) in [5, 5.41) is 3.65. The Morgan fingerprint density at radius 2 is 1.83 bits per heavy atom. The lowest BCUT2D eigenvalue weighted by Crippen LogP contribution is -2.31. The highest BCUT2D eigenvalue weighted by Gasteiger charge is 2.19. The molecule has 0 bridgehead atoms. The molecule has 18 heavy (non-hydrogen) atoms. The number of fused-ring (bicyclic) bond motifs is 1. The molecule has 0 fully saturated rings. The average Bonchev–Trinajstić information content (AvgIpc) is 2.42. The molecule has 2 aromatic carbocycles. The van der Waals surface area contributed by atoms with E-state index in [4.69, 9.17) is 0 Å². The Morgan fingerprint density at radius 3 is 2.72 bits per heavy atom. The number of nitrogens with one attached hydrogen (secondary N) is 1. The molecule has 0 saturated carbocycles. The highest BCUT2D eigenvalue weighted by atomic mass is 127. The van der Waals surface area contributed by atoms with E-state index in [1.54, 1.807) is 0 Å². The summed E-state index contributed by atoms with van der Waals surface area (Å²) in [5.74, 6) is 0. The molecule has 1 heterocycles. The molecule has 3 rings (SSSR count). The number of hydrogen-bond donors (Lipinski definition) is 1. The van der Waals surface area contributed by atoms with Crippen LogP contribution in [0.1, 0.15) is 22.7 Å². The second-order valence-electron chi connectivity index (χ2n) is 4.75. The van der Waals surface area contributed by atoms with E-state index >= 15 is 0 Å². The molecule has 1 unspecified atom stereocenters. The van der Waals surface area contributed by atoms with Crippen LogP contribution in [0.25, 0.3) is 0 Å². The molecule has 2 heteroatoms. The van der Waals surface area contributed by atoms with Gasteiger partial charge in [-0.1, -0.05) is 42.5 Å². The van der Waals surface area contributed by atoms with E-state index in [0.29, 0.717) is 6.04 Å². The molecular formula is C16H16IN. The first kappa shape index (κ1) is 12.2. The van der Waals surface area contributed by atoms with Crippen molar-refractivity contribution in [2.45, 2.75) is 18.9 Å². The lowest BCUT2D eigenvalue weighted by molar-refractivity contribution is 0.502. The molecule has 1 nitrogen and oxygen atoms in total. The molecule has 0 amide bonds. The minimum atomic E-state index is 0.464. The largest absolute Gasteiger partial charge is 0.309 e. The highest BCUT2D eigenvalue weighted by Crippen LogP contribution is 2.27. The second-order valence-corrected chi connectivity index (χ2v) is 5.91. The molecule has 1 aliphatic heterocycles. The molecule has 0 spiro atoms. The van der Waals surface area contributed by atoms with Crippen LogP contribution in [0.4, 0.5) is 0 Å². The van der Waals surface area contributed by atoms with Crippen LogP contribution in [0.2, 0.25) is 0 Å². The highest BCUT2D eigenvalue weighted by molar-refractivity contribution is 14.1. The van der Waals surface area contributed by atoms with E-state index in [9.17, 15) is 0 Å². The monoisotopic (exact) mass is 349 g/mol. The Kier molecular flexibility index (Phi) is 3.66. The van der Waals surface area contributed by atoms with Crippen molar-refractivity contribution in [1.82, 2.24) is 5.32 Å². The molecule has 0 saturated heterocycles. The van der Waals surface area contributed by atoms with Crippen molar-refractivity contribution < 1.29 is 0 Å². The van der Waals surface area contributed by atoms with Gasteiger partial charge in [-0.15, -0.1) is 0 Å². The normalized spacial score (nSPS) is 18.4. The van der Waals surface area contributed by atoms with E-state index in [0.717, 1.165) is 19.4 Å². The lowest BCUT2D eigenvalue weighted by atomic mass is 9.90. The van der Waals surface area contributed by atoms with Gasteiger partial charge in [-0.05, 0) is 64.7 Å². The molecule has 92 valence electrons. The number of hydrogen-bond acceptors (Lipinski definition) is 1. The molecule has 0 radical (unpaired) electrons. The molecule has 0 aromatic heterocycles. The Morgan fingerprint density at radius 1 is 1.06 bits per heavy atom. The smallest absolute Gasteiger partial charge is 0.0364 e. The summed E-state index contributed by atoms with van der Waals surface area (Å²) in [6.07, 6.45) is 2.23. The van der Waals surface area contributed by atoms with Gasteiger partial charge in [-0.2, -0.15) is 0 Å². The van der Waals surface area contributed by atoms with Gasteiger partial charge in [0.1, 0.15) is 0 Å². The van der Waals surface area contributed by atoms with Crippen molar-refractivity contribution in [2.75, 3.05) is 6.54 Å². The predicted octanol–water partition coefficient (Wildman–Crippen LogP) is 3.72. The van der Waals surface area contributed by atoms with Crippen molar-refractivity contribution in [3.63, 3.8) is 0 Å². The Labute approximate surface area is 122 Å². The van der Waals surface area contributed by atoms with Crippen molar-refractivity contribution in [3.05, 3.63) is 68.8 Å². The maximum atomic E-state index is 3.65. The van der Waals surface area contributed by atoms with Gasteiger partial charge in [0, 0.05) is 9.61 Å². The lowest BCUT2D eigenvalue weighted by Gasteiger charge is -2.27. The van der Waals surface area contributed by atoms with Gasteiger partial charge in [0.25, 0.3) is 0 Å². The van der Waals surface area contributed by atoms with Crippen LogP contribution in [0.15, 0.2) is 48.5 Å². The van der Waals surface area contributed by atoms with Gasteiger partial charge in [-0.25, -0.2) is 0 Å². The number of halogens is 1. The first-order valence-electron chi connectivity index (χ1n) is 6.39. The zero-order chi connectivity index (χ0) is 12.4. The molecule has 1 atom stereocenters. The fourth-order valence-electron chi connectivity index (χ4n) is 2.66. The molecule has 2 aromatic rings. The van der Waals surface area contributed by atoms with Gasteiger partial charge < -0.3 is 5.32 Å². The van der Waals surface area contributed by atoms with Crippen molar-refractivity contribution in [3.8, 4) is 0 Å². The summed E-state index contributed by atoms with van der Waals surface area (Å²) < 4.78 is 1.36. The van der Waals surface area contributed by atoms with Crippen molar-refractivity contribution in [2.24, 2.45) is 0 Å². The summed E-state index contributed by atoms with van der Waals surface area (Å²) >= 11 is 2.43. The Bertz CT molecular complexity index is 550. The molecular weight excluding hydrogens is 333 g/mol. The Hall–Kier alpha value is -0.870. The maximum absolute atomic E-state index is 3.65. The van der Waals surface area contributed by atoms with Gasteiger partial charge in [-0.3, -0.25) is 0 Å². The minimum absolute atomic E-state index is 0.464. The van der Waals surface area contributed by atoms with Crippen molar-refractivity contribution >= 4 is 22.6 Å². The van der Waals surface area contributed by atoms with Crippen LogP contribution in [0.3, 0.4) is 0 Å². The molecule has 1 N–H and O–H groups in total. The molecule has 0 aliphatic carbocycles. The van der Waals surface area contributed by atoms with E-state index in [2.05, 4.69) is 76.4 Å². The predicted molar refractivity (Wildman–Crippen MR) is 83.8 cm³/mol. The van der Waals surface area contributed by atoms with Crippen LogP contribution >= 0.6 is 22.6 Å². The fourth-order valence-corrected chi connectivity index (χ4v) is 3.27. The van der Waals surface area contributed by atoms with Crippen LogP contribution < -0.4 is 5.32 Å². The van der Waals surface area contributed by atoms with Crippen LogP contribution in [-0.2, 0) is 12.8 Å². The van der Waals surface area contributed by atoms with Gasteiger partial charge in [0.05, 0.1) is 0 Å². The van der Waals surface area contributed by atoms with Crippen LogP contribution in [-0.4, -0.2) is 6.54 Å². The van der Waals surface area contributed by atoms with Gasteiger partial charge in [0.15, 0.2) is 0 Å². The summed E-state index contributed by atoms with van der Waals surface area (Å²) in [5.41, 5.74) is 4.42. The van der Waals surface area contributed by atoms with E-state index in [1.165, 1.54) is 20.3 Å². The standard InChI is InChI=1S/C16H16IN/c17-15-8-4-2-6-13(15)11-16-14-7-3-1-5-12(14)9-10-18-16/h1-8,16,18H,9-11H2. The third-order valence-electron chi connectivity index (χ3n) is 3.60. The van der Waals surface area contributed by atoms with E-state index in [1.807, 2.05) is 0 Å². The van der Waals surface area contributed by atoms with Crippen molar-refractivity contribution in [1.29, 1.82) is 0 Å². The van der Waals surface area contributed by atoms with E-state index in [-0.39, 0.29) is 0 Å². The van der Waals surface area contributed by atoms with Gasteiger partial charge in [0.2, 0.25) is 0 Å². The number of benzene rings is 2. The summed E-state index contributed by atoms with van der Waals surface area (Å²) in [7, 11) is 0. The second kappa shape index (κ2) is 5.41. The molecule has 1 aliphatic rings. The SMILES string of the molecule is Ic1ccccc1CC1NCCc2ccccc21. The topological polar surface area (TPSA) is 12.0 Å². The zero-order valence-electron chi connectivity index (χ0n) is 10.2. The first-order chi connectivity index (χ1) is 8.84. The maximum Gasteiger partial charge on any atom is 0.0364 e. The van der Waals surface area contributed by atoms with Gasteiger partial charge >= 0.3 is 0 Å². The quantitative estimate of drug-likeness (QED) is 0.815. The summed E-state index contributed by atoms with van der Waals surface area (Å²) in [6, 6.07) is 17.9.